The van der Waals surface area contributed by atoms with E-state index in [1.54, 1.807) is 24.1 Å². The monoisotopic (exact) mass is 473 g/mol. The smallest absolute Gasteiger partial charge is 0.262 e. The molecule has 2 amide bonds. The van der Waals surface area contributed by atoms with Gasteiger partial charge in [0.2, 0.25) is 11.8 Å². The molecule has 3 aliphatic heterocycles. The number of nitrogens with one attached hydrogen (secondary N) is 1. The van der Waals surface area contributed by atoms with Crippen LogP contribution in [-0.4, -0.2) is 60.3 Å². The quantitative estimate of drug-likeness (QED) is 0.648. The van der Waals surface area contributed by atoms with Gasteiger partial charge in [0.15, 0.2) is 11.6 Å². The largest absolute Gasteiger partial charge is 0.490 e. The Balaban J connectivity index is 1.36. The molecule has 0 radical (unpaired) electrons. The molecule has 5 rings (SSSR count). The van der Waals surface area contributed by atoms with Crippen molar-refractivity contribution < 1.29 is 32.6 Å². The maximum atomic E-state index is 14.9. The number of ether oxygens (including phenoxy) is 3. The van der Waals surface area contributed by atoms with Crippen molar-refractivity contribution in [2.45, 2.75) is 44.8 Å². The van der Waals surface area contributed by atoms with Crippen LogP contribution < -0.4 is 19.5 Å². The van der Waals surface area contributed by atoms with Crippen LogP contribution in [0.1, 0.15) is 40.7 Å². The van der Waals surface area contributed by atoms with Gasteiger partial charge in [-0.05, 0) is 30.5 Å². The summed E-state index contributed by atoms with van der Waals surface area (Å²) in [5.41, 5.74) is 1.93. The van der Waals surface area contributed by atoms with Gasteiger partial charge in [-0.15, -0.1) is 0 Å². The lowest BCUT2D eigenvalue weighted by Gasteiger charge is -2.21. The molecule has 1 N–H and O–H groups in total. The number of hydrogen-bond acceptors (Lipinski definition) is 6. The highest BCUT2D eigenvalue weighted by molar-refractivity contribution is 6.00. The van der Waals surface area contributed by atoms with E-state index in [2.05, 4.69) is 10.3 Å². The maximum absolute atomic E-state index is 14.9. The van der Waals surface area contributed by atoms with Gasteiger partial charge in [0, 0.05) is 31.5 Å². The van der Waals surface area contributed by atoms with E-state index in [1.807, 2.05) is 0 Å². The molecule has 2 aromatic rings. The minimum Gasteiger partial charge on any atom is -0.490 e. The number of benzene rings is 1. The summed E-state index contributed by atoms with van der Waals surface area (Å²) in [6.45, 7) is 1.40. The summed E-state index contributed by atoms with van der Waals surface area (Å²) < 4.78 is 44.9. The van der Waals surface area contributed by atoms with Crippen molar-refractivity contribution in [2.75, 3.05) is 31.7 Å². The van der Waals surface area contributed by atoms with E-state index in [0.717, 1.165) is 5.56 Å². The van der Waals surface area contributed by atoms with Crippen molar-refractivity contribution in [3.63, 3.8) is 0 Å². The molecule has 0 saturated carbocycles. The molecule has 0 spiro atoms. The van der Waals surface area contributed by atoms with Crippen LogP contribution in [0.4, 0.5) is 14.5 Å². The summed E-state index contributed by atoms with van der Waals surface area (Å²) in [6, 6.07) is 2.91. The van der Waals surface area contributed by atoms with E-state index in [1.165, 1.54) is 6.07 Å². The molecule has 3 aliphatic rings. The number of rotatable bonds is 6. The van der Waals surface area contributed by atoms with Crippen LogP contribution in [0.15, 0.2) is 18.3 Å². The summed E-state index contributed by atoms with van der Waals surface area (Å²) >= 11 is 0. The lowest BCUT2D eigenvalue weighted by atomic mass is 10.1. The lowest BCUT2D eigenvalue weighted by Crippen LogP contribution is -2.37. The molecule has 0 aliphatic carbocycles. The zero-order valence-corrected chi connectivity index (χ0v) is 18.7. The van der Waals surface area contributed by atoms with Crippen LogP contribution in [0.3, 0.4) is 0 Å². The summed E-state index contributed by atoms with van der Waals surface area (Å²) in [6.07, 6.45) is 2.99. The Labute approximate surface area is 195 Å². The third-order valence-corrected chi connectivity index (χ3v) is 6.32. The van der Waals surface area contributed by atoms with E-state index >= 15 is 0 Å². The minimum absolute atomic E-state index is 0.0136. The van der Waals surface area contributed by atoms with Crippen LogP contribution in [0.25, 0.3) is 0 Å². The molecule has 4 heterocycles. The van der Waals surface area contributed by atoms with Gasteiger partial charge in [0.25, 0.3) is 5.91 Å². The van der Waals surface area contributed by atoms with Gasteiger partial charge >= 0.3 is 0 Å². The minimum atomic E-state index is -0.652. The van der Waals surface area contributed by atoms with E-state index in [-0.39, 0.29) is 66.9 Å². The number of carbonyl (C=O) groups excluding carboxylic acids is 2. The number of fused-ring (bicyclic) bond motifs is 3. The van der Waals surface area contributed by atoms with Crippen molar-refractivity contribution >= 4 is 17.5 Å². The predicted molar refractivity (Wildman–Crippen MR) is 118 cm³/mol. The van der Waals surface area contributed by atoms with Gasteiger partial charge in [-0.2, -0.15) is 0 Å². The molecule has 1 saturated heterocycles. The zero-order chi connectivity index (χ0) is 23.8. The second kappa shape index (κ2) is 9.08. The lowest BCUT2D eigenvalue weighted by molar-refractivity contribution is -0.116. The predicted octanol–water partition coefficient (Wildman–Crippen LogP) is 3.21. The summed E-state index contributed by atoms with van der Waals surface area (Å²) in [5.74, 6) is -0.700. The average Bonchev–Trinajstić information content (AvgIpc) is 3.17. The molecule has 8 nitrogen and oxygen atoms in total. The van der Waals surface area contributed by atoms with Gasteiger partial charge in [-0.3, -0.25) is 14.0 Å². The van der Waals surface area contributed by atoms with Gasteiger partial charge < -0.3 is 24.4 Å². The fraction of sp³-hybridized carbons (Fsp3) is 0.458. The molecule has 180 valence electrons. The molecule has 1 aromatic heterocycles. The number of anilines is 1. The Morgan fingerprint density at radius 2 is 2.15 bits per heavy atom. The number of amides is 2. The van der Waals surface area contributed by atoms with Crippen LogP contribution in [0.5, 0.6) is 17.4 Å². The molecule has 34 heavy (non-hydrogen) atoms. The zero-order valence-electron chi connectivity index (χ0n) is 18.7. The third kappa shape index (κ3) is 4.12. The number of nitrogens with zero attached hydrogens (tertiary/aromatic N) is 2. The second-order valence-corrected chi connectivity index (χ2v) is 8.73. The molecular weight excluding hydrogens is 448 g/mol. The van der Waals surface area contributed by atoms with Crippen molar-refractivity contribution in [3.05, 3.63) is 40.8 Å². The molecule has 2 atom stereocenters. The number of aromatic nitrogens is 1. The highest BCUT2D eigenvalue weighted by atomic mass is 19.1. The number of carbonyl (C=O) groups is 2. The van der Waals surface area contributed by atoms with Gasteiger partial charge in [-0.25, -0.2) is 9.37 Å². The summed E-state index contributed by atoms with van der Waals surface area (Å²) in [7, 11) is 0. The Hall–Kier alpha value is -3.43. The van der Waals surface area contributed by atoms with Crippen LogP contribution in [0, 0.1) is 12.7 Å². The first-order valence-electron chi connectivity index (χ1n) is 11.4. The Bertz CT molecular complexity index is 1140. The summed E-state index contributed by atoms with van der Waals surface area (Å²) in [4.78, 5) is 31.1. The molecule has 1 aromatic carbocycles. The van der Waals surface area contributed by atoms with E-state index in [0.29, 0.717) is 30.8 Å². The third-order valence-electron chi connectivity index (χ3n) is 6.32. The van der Waals surface area contributed by atoms with Crippen molar-refractivity contribution in [1.29, 1.82) is 0 Å². The molecule has 10 heteroatoms. The highest BCUT2D eigenvalue weighted by Gasteiger charge is 2.42. The Morgan fingerprint density at radius 1 is 1.29 bits per heavy atom. The molecule has 1 fully saturated rings. The van der Waals surface area contributed by atoms with E-state index < -0.39 is 18.4 Å². The maximum Gasteiger partial charge on any atom is 0.262 e. The SMILES string of the molecule is Cc1cc2c(c(OCCCF)c1F)C(=O)N1C[C@@H](Oc3cc4c(cn3)CCC(=O)N4)C[C@@H]1CO2. The van der Waals surface area contributed by atoms with Crippen molar-refractivity contribution in [1.82, 2.24) is 9.88 Å². The first-order valence-corrected chi connectivity index (χ1v) is 11.4. The number of aryl methyl sites for hydroxylation is 2. The van der Waals surface area contributed by atoms with Crippen LogP contribution in [0.2, 0.25) is 0 Å². The number of hydrogen-bond donors (Lipinski definition) is 1. The fourth-order valence-corrected chi connectivity index (χ4v) is 4.59. The molecule has 0 bridgehead atoms. The summed E-state index contributed by atoms with van der Waals surface area (Å²) in [5, 5.41) is 2.82. The Morgan fingerprint density at radius 3 is 2.97 bits per heavy atom. The van der Waals surface area contributed by atoms with Gasteiger partial charge in [-0.1, -0.05) is 0 Å². The van der Waals surface area contributed by atoms with Gasteiger partial charge in [0.05, 0.1) is 31.6 Å². The average molecular weight is 473 g/mol. The van der Waals surface area contributed by atoms with Gasteiger partial charge in [0.1, 0.15) is 24.0 Å². The number of alkyl halides is 1. The standard InChI is InChI=1S/C24H25F2N3O5/c1-13-7-18-21(23(22(13)26)32-6-2-5-25)24(31)29-11-16(8-15(29)12-33-18)34-20-9-17-14(10-27-20)3-4-19(30)28-17/h7,9-10,15-16H,2-6,8,11-12H2,1H3,(H,28,30)/t15-,16+/m1/s1. The van der Waals surface area contributed by atoms with Crippen molar-refractivity contribution in [3.8, 4) is 17.4 Å². The van der Waals surface area contributed by atoms with Crippen LogP contribution >= 0.6 is 0 Å². The number of pyridine rings is 1. The number of halogens is 2. The van der Waals surface area contributed by atoms with Crippen LogP contribution in [-0.2, 0) is 11.2 Å². The first kappa shape index (κ1) is 22.4. The van der Waals surface area contributed by atoms with E-state index in [9.17, 15) is 18.4 Å². The second-order valence-electron chi connectivity index (χ2n) is 8.73. The normalized spacial score (nSPS) is 21.1. The first-order chi connectivity index (χ1) is 16.4. The van der Waals surface area contributed by atoms with E-state index in [4.69, 9.17) is 14.2 Å². The molecule has 0 unspecified atom stereocenters. The fourth-order valence-electron chi connectivity index (χ4n) is 4.59. The highest BCUT2D eigenvalue weighted by Crippen LogP contribution is 2.39. The van der Waals surface area contributed by atoms with Crippen molar-refractivity contribution in [2.24, 2.45) is 0 Å². The molecular formula is C24H25F2N3O5. The topological polar surface area (TPSA) is 90.0 Å². The Kier molecular flexibility index (Phi) is 5.97.